The van der Waals surface area contributed by atoms with Crippen molar-refractivity contribution in [1.82, 2.24) is 10.2 Å². The molecule has 1 atom stereocenters. The number of rotatable bonds is 3. The standard InChI is InChI=1S/C21H24N2O2/c1-2-15-3-5-16(6-4-15)20-12-22-9-10-23(20)21(24)17-7-8-18-13-25-14-19(18)11-17/h3-8,11,20,22H,2,9-10,12-14H2,1H3. The van der Waals surface area contributed by atoms with Gasteiger partial charge in [-0.25, -0.2) is 0 Å². The molecule has 0 saturated carbocycles. The Bertz CT molecular complexity index is 770. The average molecular weight is 336 g/mol. The minimum Gasteiger partial charge on any atom is -0.372 e. The molecule has 1 unspecified atom stereocenters. The van der Waals surface area contributed by atoms with Crippen molar-refractivity contribution in [3.8, 4) is 0 Å². The predicted molar refractivity (Wildman–Crippen MR) is 97.4 cm³/mol. The van der Waals surface area contributed by atoms with E-state index in [4.69, 9.17) is 4.74 Å². The largest absolute Gasteiger partial charge is 0.372 e. The van der Waals surface area contributed by atoms with Crippen molar-refractivity contribution in [3.05, 3.63) is 70.3 Å². The maximum Gasteiger partial charge on any atom is 0.254 e. The van der Waals surface area contributed by atoms with Crippen molar-refractivity contribution >= 4 is 5.91 Å². The Hall–Kier alpha value is -2.17. The third-order valence-corrected chi connectivity index (χ3v) is 5.25. The number of hydrogen-bond acceptors (Lipinski definition) is 3. The predicted octanol–water partition coefficient (Wildman–Crippen LogP) is 3.07. The highest BCUT2D eigenvalue weighted by Gasteiger charge is 2.29. The molecule has 1 N–H and O–H groups in total. The monoisotopic (exact) mass is 336 g/mol. The highest BCUT2D eigenvalue weighted by atomic mass is 16.5. The zero-order chi connectivity index (χ0) is 17.2. The van der Waals surface area contributed by atoms with Gasteiger partial charge >= 0.3 is 0 Å². The van der Waals surface area contributed by atoms with E-state index in [1.807, 2.05) is 23.1 Å². The Morgan fingerprint density at radius 3 is 2.76 bits per heavy atom. The molecule has 2 aliphatic rings. The fourth-order valence-electron chi connectivity index (χ4n) is 3.69. The number of amides is 1. The molecule has 4 nitrogen and oxygen atoms in total. The van der Waals surface area contributed by atoms with Gasteiger partial charge in [-0.15, -0.1) is 0 Å². The van der Waals surface area contributed by atoms with Crippen LogP contribution in [0.2, 0.25) is 0 Å². The van der Waals surface area contributed by atoms with Crippen LogP contribution in [0.1, 0.15) is 45.6 Å². The van der Waals surface area contributed by atoms with Crippen molar-refractivity contribution in [2.75, 3.05) is 19.6 Å². The van der Waals surface area contributed by atoms with Gasteiger partial charge in [0.15, 0.2) is 0 Å². The molecular weight excluding hydrogens is 312 g/mol. The van der Waals surface area contributed by atoms with Gasteiger partial charge in [-0.2, -0.15) is 0 Å². The quantitative estimate of drug-likeness (QED) is 0.937. The summed E-state index contributed by atoms with van der Waals surface area (Å²) in [7, 11) is 0. The number of fused-ring (bicyclic) bond motifs is 1. The minimum atomic E-state index is 0.0802. The summed E-state index contributed by atoms with van der Waals surface area (Å²) < 4.78 is 5.47. The molecule has 2 heterocycles. The van der Waals surface area contributed by atoms with Crippen LogP contribution in [0.4, 0.5) is 0 Å². The van der Waals surface area contributed by atoms with E-state index in [1.165, 1.54) is 16.7 Å². The van der Waals surface area contributed by atoms with E-state index < -0.39 is 0 Å². The molecule has 0 spiro atoms. The van der Waals surface area contributed by atoms with E-state index in [0.717, 1.165) is 37.2 Å². The van der Waals surface area contributed by atoms with Gasteiger partial charge < -0.3 is 15.0 Å². The van der Waals surface area contributed by atoms with Crippen molar-refractivity contribution in [1.29, 1.82) is 0 Å². The first-order chi connectivity index (χ1) is 12.3. The normalized spacial score (nSPS) is 19.7. The number of carbonyl (C=O) groups is 1. The lowest BCUT2D eigenvalue weighted by atomic mass is 9.99. The molecule has 4 rings (SSSR count). The minimum absolute atomic E-state index is 0.0802. The molecule has 1 saturated heterocycles. The molecular formula is C21H24N2O2. The van der Waals surface area contributed by atoms with Gasteiger partial charge in [-0.3, -0.25) is 4.79 Å². The van der Waals surface area contributed by atoms with Gasteiger partial charge in [0.05, 0.1) is 19.3 Å². The van der Waals surface area contributed by atoms with E-state index in [1.54, 1.807) is 0 Å². The summed E-state index contributed by atoms with van der Waals surface area (Å²) in [6, 6.07) is 14.7. The summed E-state index contributed by atoms with van der Waals surface area (Å²) in [6.07, 6.45) is 1.03. The first-order valence-corrected chi connectivity index (χ1v) is 9.06. The molecule has 130 valence electrons. The van der Waals surface area contributed by atoms with Gasteiger partial charge in [-0.1, -0.05) is 37.3 Å². The summed E-state index contributed by atoms with van der Waals surface area (Å²) in [4.78, 5) is 15.2. The molecule has 25 heavy (non-hydrogen) atoms. The smallest absolute Gasteiger partial charge is 0.254 e. The van der Waals surface area contributed by atoms with Crippen LogP contribution < -0.4 is 5.32 Å². The highest BCUT2D eigenvalue weighted by molar-refractivity contribution is 5.95. The van der Waals surface area contributed by atoms with Crippen LogP contribution >= 0.6 is 0 Å². The summed E-state index contributed by atoms with van der Waals surface area (Å²) in [5.74, 6) is 0.112. The number of piperazine rings is 1. The molecule has 1 fully saturated rings. The Kier molecular flexibility index (Phi) is 4.55. The summed E-state index contributed by atoms with van der Waals surface area (Å²) in [6.45, 7) is 5.79. The molecule has 0 aliphatic carbocycles. The fraction of sp³-hybridized carbons (Fsp3) is 0.381. The molecule has 4 heteroatoms. The van der Waals surface area contributed by atoms with Crippen molar-refractivity contribution in [3.63, 3.8) is 0 Å². The van der Waals surface area contributed by atoms with Gasteiger partial charge in [0.25, 0.3) is 5.91 Å². The fourth-order valence-corrected chi connectivity index (χ4v) is 3.69. The second kappa shape index (κ2) is 6.98. The van der Waals surface area contributed by atoms with Crippen LogP contribution in [0, 0.1) is 0 Å². The highest BCUT2D eigenvalue weighted by Crippen LogP contribution is 2.27. The van der Waals surface area contributed by atoms with Crippen LogP contribution in [0.15, 0.2) is 42.5 Å². The SMILES string of the molecule is CCc1ccc(C2CNCCN2C(=O)c2ccc3c(c2)COC3)cc1. The number of hydrogen-bond donors (Lipinski definition) is 1. The summed E-state index contributed by atoms with van der Waals surface area (Å²) in [5.41, 5.74) is 5.63. The second-order valence-corrected chi connectivity index (χ2v) is 6.79. The van der Waals surface area contributed by atoms with Crippen LogP contribution in [0.5, 0.6) is 0 Å². The lowest BCUT2D eigenvalue weighted by molar-refractivity contribution is 0.0634. The van der Waals surface area contributed by atoms with E-state index in [0.29, 0.717) is 13.2 Å². The zero-order valence-electron chi connectivity index (χ0n) is 14.6. The lowest BCUT2D eigenvalue weighted by Crippen LogP contribution is -2.48. The number of nitrogens with one attached hydrogen (secondary N) is 1. The van der Waals surface area contributed by atoms with Gasteiger partial charge in [0.2, 0.25) is 0 Å². The van der Waals surface area contributed by atoms with Crippen LogP contribution in [-0.4, -0.2) is 30.4 Å². The van der Waals surface area contributed by atoms with E-state index in [-0.39, 0.29) is 11.9 Å². The Balaban J connectivity index is 1.60. The number of ether oxygens (including phenoxy) is 1. The third-order valence-electron chi connectivity index (χ3n) is 5.25. The number of benzene rings is 2. The lowest BCUT2D eigenvalue weighted by Gasteiger charge is -2.36. The maximum atomic E-state index is 13.2. The molecule has 0 aromatic heterocycles. The van der Waals surface area contributed by atoms with E-state index >= 15 is 0 Å². The average Bonchev–Trinajstić information content (AvgIpc) is 3.15. The van der Waals surface area contributed by atoms with Crippen LogP contribution in [0.3, 0.4) is 0 Å². The number of carbonyl (C=O) groups excluding carboxylic acids is 1. The van der Waals surface area contributed by atoms with Gasteiger partial charge in [0, 0.05) is 25.2 Å². The van der Waals surface area contributed by atoms with Gasteiger partial charge in [0.1, 0.15) is 0 Å². The van der Waals surface area contributed by atoms with E-state index in [9.17, 15) is 4.79 Å². The maximum absolute atomic E-state index is 13.2. The van der Waals surface area contributed by atoms with E-state index in [2.05, 4.69) is 36.5 Å². The van der Waals surface area contributed by atoms with Crippen LogP contribution in [0.25, 0.3) is 0 Å². The molecule has 2 aliphatic heterocycles. The number of aryl methyl sites for hydroxylation is 1. The zero-order valence-corrected chi connectivity index (χ0v) is 14.6. The Morgan fingerprint density at radius 2 is 1.96 bits per heavy atom. The second-order valence-electron chi connectivity index (χ2n) is 6.79. The van der Waals surface area contributed by atoms with Crippen molar-refractivity contribution in [2.24, 2.45) is 0 Å². The molecule has 2 aromatic carbocycles. The number of nitrogens with zero attached hydrogens (tertiary/aromatic N) is 1. The summed E-state index contributed by atoms with van der Waals surface area (Å²) in [5, 5.41) is 3.43. The van der Waals surface area contributed by atoms with Crippen LogP contribution in [-0.2, 0) is 24.4 Å². The molecule has 0 bridgehead atoms. The summed E-state index contributed by atoms with van der Waals surface area (Å²) >= 11 is 0. The Morgan fingerprint density at radius 1 is 1.16 bits per heavy atom. The van der Waals surface area contributed by atoms with Crippen molar-refractivity contribution < 1.29 is 9.53 Å². The molecule has 2 aromatic rings. The first kappa shape index (κ1) is 16.3. The van der Waals surface area contributed by atoms with Crippen molar-refractivity contribution in [2.45, 2.75) is 32.6 Å². The molecule has 1 amide bonds. The first-order valence-electron chi connectivity index (χ1n) is 9.06. The van der Waals surface area contributed by atoms with Gasteiger partial charge in [-0.05, 0) is 40.8 Å². The Labute approximate surface area is 148 Å². The topological polar surface area (TPSA) is 41.6 Å². The molecule has 0 radical (unpaired) electrons. The third kappa shape index (κ3) is 3.20.